The van der Waals surface area contributed by atoms with Crippen molar-refractivity contribution in [1.29, 1.82) is 0 Å². The first-order valence-corrected chi connectivity index (χ1v) is 8.94. The monoisotopic (exact) mass is 385 g/mol. The summed E-state index contributed by atoms with van der Waals surface area (Å²) in [7, 11) is 4.91. The van der Waals surface area contributed by atoms with Crippen molar-refractivity contribution >= 4 is 17.7 Å². The molecule has 1 heterocycles. The molecule has 0 radical (unpaired) electrons. The van der Waals surface area contributed by atoms with Crippen LogP contribution in [0.3, 0.4) is 0 Å². The van der Waals surface area contributed by atoms with Gasteiger partial charge >= 0.3 is 0 Å². The number of pyridine rings is 1. The number of rotatable bonds is 8. The Hall–Kier alpha value is -3.29. The van der Waals surface area contributed by atoms with Crippen molar-refractivity contribution in [3.05, 3.63) is 47.7 Å². The van der Waals surface area contributed by atoms with Gasteiger partial charge in [0.2, 0.25) is 5.91 Å². The zero-order valence-corrected chi connectivity index (χ0v) is 16.7. The fraction of sp³-hybridized carbons (Fsp3) is 0.350. The number of carbonyl (C=O) groups excluding carboxylic acids is 1. The van der Waals surface area contributed by atoms with Crippen molar-refractivity contribution in [1.82, 2.24) is 15.6 Å². The van der Waals surface area contributed by atoms with Crippen LogP contribution in [0.15, 0.2) is 41.4 Å². The Kier molecular flexibility index (Phi) is 8.08. The van der Waals surface area contributed by atoms with Crippen LogP contribution in [0.1, 0.15) is 17.7 Å². The predicted octanol–water partition coefficient (Wildman–Crippen LogP) is 2.10. The second-order valence-electron chi connectivity index (χ2n) is 5.99. The highest BCUT2D eigenvalue weighted by Gasteiger charge is 2.07. The summed E-state index contributed by atoms with van der Waals surface area (Å²) < 4.78 is 10.6. The molecule has 0 aliphatic rings. The molecule has 0 saturated carbocycles. The van der Waals surface area contributed by atoms with E-state index < -0.39 is 0 Å². The molecule has 0 bridgehead atoms. The molecule has 1 amide bonds. The Bertz CT molecular complexity index is 823. The summed E-state index contributed by atoms with van der Waals surface area (Å²) in [5.41, 5.74) is 1.82. The molecule has 1 aromatic carbocycles. The molecule has 8 nitrogen and oxygen atoms in total. The summed E-state index contributed by atoms with van der Waals surface area (Å²) in [5, 5.41) is 9.10. The summed E-state index contributed by atoms with van der Waals surface area (Å²) in [5.74, 6) is 2.50. The summed E-state index contributed by atoms with van der Waals surface area (Å²) in [6, 6.07) is 11.1. The number of guanidine groups is 1. The maximum absolute atomic E-state index is 12.0. The van der Waals surface area contributed by atoms with Gasteiger partial charge in [-0.3, -0.25) is 9.79 Å². The Morgan fingerprint density at radius 3 is 2.64 bits per heavy atom. The Morgan fingerprint density at radius 2 is 1.96 bits per heavy atom. The van der Waals surface area contributed by atoms with E-state index in [0.717, 1.165) is 22.8 Å². The number of aromatic nitrogens is 1. The molecule has 1 aromatic heterocycles. The zero-order chi connectivity index (χ0) is 20.4. The molecule has 2 rings (SSSR count). The minimum absolute atomic E-state index is 0.113. The number of hydrogen-bond donors (Lipinski definition) is 3. The zero-order valence-electron chi connectivity index (χ0n) is 16.7. The number of aliphatic imine (C=N–C) groups is 1. The van der Waals surface area contributed by atoms with Crippen LogP contribution in [0.5, 0.6) is 11.5 Å². The smallest absolute Gasteiger partial charge is 0.227 e. The fourth-order valence-electron chi connectivity index (χ4n) is 2.51. The number of nitrogens with one attached hydrogen (secondary N) is 3. The molecule has 0 spiro atoms. The normalized spacial score (nSPS) is 10.9. The van der Waals surface area contributed by atoms with Gasteiger partial charge < -0.3 is 25.4 Å². The SMILES string of the molecule is CN=C(NCCC(=O)Nc1cccc(C)n1)NCc1ccc(OC)cc1OC. The number of benzene rings is 1. The van der Waals surface area contributed by atoms with Gasteiger partial charge in [-0.05, 0) is 31.2 Å². The number of aryl methyl sites for hydroxylation is 1. The van der Waals surface area contributed by atoms with Crippen LogP contribution in [-0.2, 0) is 11.3 Å². The first-order valence-electron chi connectivity index (χ1n) is 8.94. The van der Waals surface area contributed by atoms with Crippen LogP contribution >= 0.6 is 0 Å². The highest BCUT2D eigenvalue weighted by Crippen LogP contribution is 2.24. The number of methoxy groups -OCH3 is 2. The molecule has 0 fully saturated rings. The maximum atomic E-state index is 12.0. The largest absolute Gasteiger partial charge is 0.497 e. The Morgan fingerprint density at radius 1 is 1.14 bits per heavy atom. The van der Waals surface area contributed by atoms with E-state index in [1.165, 1.54) is 0 Å². The minimum Gasteiger partial charge on any atom is -0.497 e. The van der Waals surface area contributed by atoms with Crippen molar-refractivity contribution in [2.24, 2.45) is 4.99 Å². The molecular formula is C20H27N5O3. The molecule has 3 N–H and O–H groups in total. The number of nitrogens with zero attached hydrogens (tertiary/aromatic N) is 2. The molecule has 150 valence electrons. The van der Waals surface area contributed by atoms with Crippen LogP contribution in [-0.4, -0.2) is 44.7 Å². The van der Waals surface area contributed by atoms with E-state index in [1.54, 1.807) is 27.3 Å². The third-order valence-corrected chi connectivity index (χ3v) is 3.96. The van der Waals surface area contributed by atoms with Gasteiger partial charge in [0.1, 0.15) is 17.3 Å². The molecule has 0 aliphatic heterocycles. The van der Waals surface area contributed by atoms with Crippen LogP contribution in [0, 0.1) is 6.92 Å². The van der Waals surface area contributed by atoms with Crippen LogP contribution < -0.4 is 25.4 Å². The number of hydrogen-bond acceptors (Lipinski definition) is 5. The topological polar surface area (TPSA) is 96.9 Å². The number of ether oxygens (including phenoxy) is 2. The van der Waals surface area contributed by atoms with E-state index in [4.69, 9.17) is 9.47 Å². The lowest BCUT2D eigenvalue weighted by Gasteiger charge is -2.14. The Balaban J connectivity index is 1.79. The van der Waals surface area contributed by atoms with Gasteiger partial charge in [-0.15, -0.1) is 0 Å². The average molecular weight is 385 g/mol. The van der Waals surface area contributed by atoms with E-state index in [-0.39, 0.29) is 5.91 Å². The van der Waals surface area contributed by atoms with E-state index >= 15 is 0 Å². The van der Waals surface area contributed by atoms with Gasteiger partial charge in [-0.1, -0.05) is 6.07 Å². The van der Waals surface area contributed by atoms with Crippen LogP contribution in [0.2, 0.25) is 0 Å². The maximum Gasteiger partial charge on any atom is 0.227 e. The van der Waals surface area contributed by atoms with Crippen molar-refractivity contribution in [3.63, 3.8) is 0 Å². The van der Waals surface area contributed by atoms with E-state index in [1.807, 2.05) is 37.3 Å². The van der Waals surface area contributed by atoms with Gasteiger partial charge in [-0.2, -0.15) is 0 Å². The van der Waals surface area contributed by atoms with Gasteiger partial charge in [0.05, 0.1) is 14.2 Å². The van der Waals surface area contributed by atoms with Gasteiger partial charge in [0.15, 0.2) is 5.96 Å². The summed E-state index contributed by atoms with van der Waals surface area (Å²) >= 11 is 0. The summed E-state index contributed by atoms with van der Waals surface area (Å²) in [4.78, 5) is 20.5. The highest BCUT2D eigenvalue weighted by molar-refractivity contribution is 5.90. The number of amides is 1. The van der Waals surface area contributed by atoms with E-state index in [9.17, 15) is 4.79 Å². The predicted molar refractivity (Wildman–Crippen MR) is 110 cm³/mol. The summed E-state index contributed by atoms with van der Waals surface area (Å²) in [6.07, 6.45) is 0.294. The quantitative estimate of drug-likeness (QED) is 0.476. The van der Waals surface area contributed by atoms with Crippen LogP contribution in [0.4, 0.5) is 5.82 Å². The molecule has 0 atom stereocenters. The Labute approximate surface area is 165 Å². The highest BCUT2D eigenvalue weighted by atomic mass is 16.5. The van der Waals surface area contributed by atoms with Crippen LogP contribution in [0.25, 0.3) is 0 Å². The van der Waals surface area contributed by atoms with Gasteiger partial charge in [0, 0.05) is 43.9 Å². The number of anilines is 1. The molecule has 28 heavy (non-hydrogen) atoms. The molecule has 0 aliphatic carbocycles. The fourth-order valence-corrected chi connectivity index (χ4v) is 2.51. The van der Waals surface area contributed by atoms with Crippen molar-refractivity contribution < 1.29 is 14.3 Å². The molecule has 2 aromatic rings. The molecule has 8 heteroatoms. The average Bonchev–Trinajstić information content (AvgIpc) is 2.70. The molecule has 0 unspecified atom stereocenters. The third-order valence-electron chi connectivity index (χ3n) is 3.96. The standard InChI is InChI=1S/C20H27N5O3/c1-14-6-5-7-18(24-14)25-19(26)10-11-22-20(21-2)23-13-15-8-9-16(27-3)12-17(15)28-4/h5-9,12H,10-11,13H2,1-4H3,(H2,21,22,23)(H,24,25,26). The number of carbonyl (C=O) groups is 1. The van der Waals surface area contributed by atoms with Crippen molar-refractivity contribution in [2.45, 2.75) is 19.9 Å². The second-order valence-corrected chi connectivity index (χ2v) is 5.99. The molecule has 0 saturated heterocycles. The first-order chi connectivity index (χ1) is 13.5. The van der Waals surface area contributed by atoms with Gasteiger partial charge in [-0.25, -0.2) is 4.98 Å². The second kappa shape index (κ2) is 10.8. The minimum atomic E-state index is -0.113. The first kappa shape index (κ1) is 21.0. The third kappa shape index (κ3) is 6.46. The molecular weight excluding hydrogens is 358 g/mol. The summed E-state index contributed by atoms with van der Waals surface area (Å²) in [6.45, 7) is 2.84. The lowest BCUT2D eigenvalue weighted by Crippen LogP contribution is -2.38. The lowest BCUT2D eigenvalue weighted by molar-refractivity contribution is -0.116. The van der Waals surface area contributed by atoms with Crippen molar-refractivity contribution in [2.75, 3.05) is 33.1 Å². The van der Waals surface area contributed by atoms with E-state index in [0.29, 0.717) is 31.3 Å². The van der Waals surface area contributed by atoms with E-state index in [2.05, 4.69) is 25.9 Å². The lowest BCUT2D eigenvalue weighted by atomic mass is 10.2. The van der Waals surface area contributed by atoms with Gasteiger partial charge in [0.25, 0.3) is 0 Å². The van der Waals surface area contributed by atoms with Crippen molar-refractivity contribution in [3.8, 4) is 11.5 Å².